The van der Waals surface area contributed by atoms with Crippen LogP contribution in [0.2, 0.25) is 0 Å². The monoisotopic (exact) mass is 175 g/mol. The van der Waals surface area contributed by atoms with Crippen molar-refractivity contribution >= 4 is 5.78 Å². The Morgan fingerprint density at radius 2 is 2.23 bits per heavy atom. The highest BCUT2D eigenvalue weighted by Crippen LogP contribution is 2.25. The highest BCUT2D eigenvalue weighted by Gasteiger charge is 2.24. The number of hydrogen-bond donors (Lipinski definition) is 1. The predicted octanol–water partition coefficient (Wildman–Crippen LogP) is 1.56. The molecule has 2 heteroatoms. The molecule has 0 radical (unpaired) electrons. The molecule has 1 aliphatic carbocycles. The van der Waals surface area contributed by atoms with Crippen molar-refractivity contribution in [1.29, 1.82) is 0 Å². The van der Waals surface area contributed by atoms with Gasteiger partial charge in [-0.15, -0.1) is 0 Å². The molecule has 0 aromatic rings. The van der Waals surface area contributed by atoms with Crippen molar-refractivity contribution in [2.75, 3.05) is 0 Å². The second-order valence-corrected chi connectivity index (χ2v) is 3.63. The summed E-state index contributed by atoms with van der Waals surface area (Å²) in [7, 11) is 0. The summed E-state index contributed by atoms with van der Waals surface area (Å²) in [4.78, 5) is 11.1. The van der Waals surface area contributed by atoms with Gasteiger partial charge in [0, 0.05) is 17.2 Å². The minimum absolute atomic E-state index is 0.146. The second-order valence-electron chi connectivity index (χ2n) is 3.63. The molecule has 68 valence electrons. The Hall–Kier alpha value is -1.31. The van der Waals surface area contributed by atoms with Gasteiger partial charge < -0.3 is 5.32 Å². The van der Waals surface area contributed by atoms with Crippen molar-refractivity contribution in [2.45, 2.75) is 19.9 Å². The molecular formula is C11H13NO. The summed E-state index contributed by atoms with van der Waals surface area (Å²) in [5, 5.41) is 3.33. The lowest BCUT2D eigenvalue weighted by Gasteiger charge is -2.18. The van der Waals surface area contributed by atoms with Crippen LogP contribution in [0.1, 0.15) is 13.8 Å². The Labute approximate surface area is 78.0 Å². The number of allylic oxidation sites excluding steroid dienone is 3. The summed E-state index contributed by atoms with van der Waals surface area (Å²) in [5.41, 5.74) is 2.02. The molecule has 2 nitrogen and oxygen atoms in total. The normalized spacial score (nSPS) is 30.3. The lowest BCUT2D eigenvalue weighted by molar-refractivity contribution is -0.113. The SMILES string of the molecule is CC(=O)C1=CC2C=C(C)NC2C=C1. The second kappa shape index (κ2) is 2.87. The quantitative estimate of drug-likeness (QED) is 0.655. The van der Waals surface area contributed by atoms with E-state index in [-0.39, 0.29) is 5.78 Å². The van der Waals surface area contributed by atoms with Crippen molar-refractivity contribution < 1.29 is 4.79 Å². The minimum atomic E-state index is 0.146. The molecule has 1 heterocycles. The lowest BCUT2D eigenvalue weighted by Crippen LogP contribution is -2.27. The zero-order chi connectivity index (χ0) is 9.42. The van der Waals surface area contributed by atoms with Crippen LogP contribution in [0.15, 0.2) is 35.6 Å². The van der Waals surface area contributed by atoms with Crippen LogP contribution in [-0.4, -0.2) is 11.8 Å². The first-order chi connectivity index (χ1) is 6.16. The maximum absolute atomic E-state index is 11.1. The highest BCUT2D eigenvalue weighted by atomic mass is 16.1. The van der Waals surface area contributed by atoms with E-state index in [1.165, 1.54) is 5.70 Å². The largest absolute Gasteiger partial charge is 0.382 e. The van der Waals surface area contributed by atoms with Gasteiger partial charge in [-0.05, 0) is 13.8 Å². The number of fused-ring (bicyclic) bond motifs is 1. The van der Waals surface area contributed by atoms with Crippen LogP contribution in [-0.2, 0) is 4.79 Å². The number of rotatable bonds is 1. The molecule has 13 heavy (non-hydrogen) atoms. The molecule has 2 aliphatic rings. The zero-order valence-electron chi connectivity index (χ0n) is 7.87. The van der Waals surface area contributed by atoms with Crippen molar-refractivity contribution in [1.82, 2.24) is 5.32 Å². The van der Waals surface area contributed by atoms with Gasteiger partial charge in [0.05, 0.1) is 6.04 Å². The van der Waals surface area contributed by atoms with Crippen molar-refractivity contribution in [3.8, 4) is 0 Å². The number of hydrogen-bond acceptors (Lipinski definition) is 2. The summed E-state index contributed by atoms with van der Waals surface area (Å²) in [5.74, 6) is 0.511. The summed E-state index contributed by atoms with van der Waals surface area (Å²) in [6, 6.07) is 0.364. The molecule has 1 aliphatic heterocycles. The minimum Gasteiger partial charge on any atom is -0.382 e. The van der Waals surface area contributed by atoms with E-state index >= 15 is 0 Å². The highest BCUT2D eigenvalue weighted by molar-refractivity contribution is 5.96. The van der Waals surface area contributed by atoms with Crippen LogP contribution in [0.4, 0.5) is 0 Å². The number of carbonyl (C=O) groups is 1. The molecule has 0 aromatic carbocycles. The fourth-order valence-corrected chi connectivity index (χ4v) is 1.83. The van der Waals surface area contributed by atoms with E-state index in [0.29, 0.717) is 12.0 Å². The molecule has 0 aromatic heterocycles. The van der Waals surface area contributed by atoms with Gasteiger partial charge in [0.25, 0.3) is 0 Å². The summed E-state index contributed by atoms with van der Waals surface area (Å²) in [6.07, 6.45) is 8.17. The Morgan fingerprint density at radius 3 is 2.92 bits per heavy atom. The third kappa shape index (κ3) is 1.44. The average Bonchev–Trinajstić information content (AvgIpc) is 2.42. The molecule has 0 saturated carbocycles. The summed E-state index contributed by atoms with van der Waals surface area (Å²) >= 11 is 0. The van der Waals surface area contributed by atoms with E-state index in [0.717, 1.165) is 5.57 Å². The molecule has 2 atom stereocenters. The van der Waals surface area contributed by atoms with Gasteiger partial charge >= 0.3 is 0 Å². The molecule has 2 unspecified atom stereocenters. The van der Waals surface area contributed by atoms with E-state index in [4.69, 9.17) is 0 Å². The van der Waals surface area contributed by atoms with Gasteiger partial charge in [-0.1, -0.05) is 24.3 Å². The van der Waals surface area contributed by atoms with E-state index in [2.05, 4.69) is 17.5 Å². The van der Waals surface area contributed by atoms with Crippen LogP contribution in [0, 0.1) is 5.92 Å². The van der Waals surface area contributed by atoms with Gasteiger partial charge in [-0.2, -0.15) is 0 Å². The van der Waals surface area contributed by atoms with Crippen LogP contribution < -0.4 is 5.32 Å². The third-order valence-electron chi connectivity index (χ3n) is 2.51. The number of carbonyl (C=O) groups excluding carboxylic acids is 1. The topological polar surface area (TPSA) is 29.1 Å². The number of nitrogens with one attached hydrogen (secondary N) is 1. The molecule has 2 rings (SSSR count). The number of Topliss-reactive ketones (excluding diaryl/α,β-unsaturated/α-hetero) is 1. The third-order valence-corrected chi connectivity index (χ3v) is 2.51. The van der Waals surface area contributed by atoms with Gasteiger partial charge in [0.15, 0.2) is 5.78 Å². The Bertz CT molecular complexity index is 336. The molecule has 0 spiro atoms. The van der Waals surface area contributed by atoms with E-state index in [9.17, 15) is 4.79 Å². The van der Waals surface area contributed by atoms with Crippen molar-refractivity contribution in [3.63, 3.8) is 0 Å². The van der Waals surface area contributed by atoms with Gasteiger partial charge in [-0.25, -0.2) is 0 Å². The summed E-state index contributed by atoms with van der Waals surface area (Å²) in [6.45, 7) is 3.66. The first-order valence-corrected chi connectivity index (χ1v) is 4.53. The molecule has 1 N–H and O–H groups in total. The Morgan fingerprint density at radius 1 is 1.46 bits per heavy atom. The van der Waals surface area contributed by atoms with Crippen molar-refractivity contribution in [2.24, 2.45) is 5.92 Å². The Kier molecular flexibility index (Phi) is 1.83. The fourth-order valence-electron chi connectivity index (χ4n) is 1.83. The molecular weight excluding hydrogens is 162 g/mol. The van der Waals surface area contributed by atoms with Crippen molar-refractivity contribution in [3.05, 3.63) is 35.6 Å². The first kappa shape index (κ1) is 8.30. The standard InChI is InChI=1S/C11H13NO/c1-7-5-10-6-9(8(2)13)3-4-11(10)12-7/h3-6,10-12H,1-2H3. The average molecular weight is 175 g/mol. The first-order valence-electron chi connectivity index (χ1n) is 4.53. The summed E-state index contributed by atoms with van der Waals surface area (Å²) < 4.78 is 0. The predicted molar refractivity (Wildman–Crippen MR) is 52.1 cm³/mol. The van der Waals surface area contributed by atoms with Crippen LogP contribution in [0.25, 0.3) is 0 Å². The van der Waals surface area contributed by atoms with E-state index in [1.54, 1.807) is 6.92 Å². The van der Waals surface area contributed by atoms with Crippen LogP contribution in [0.5, 0.6) is 0 Å². The molecule has 0 amide bonds. The maximum Gasteiger partial charge on any atom is 0.159 e. The van der Waals surface area contributed by atoms with Gasteiger partial charge in [0.2, 0.25) is 0 Å². The van der Waals surface area contributed by atoms with Gasteiger partial charge in [0.1, 0.15) is 0 Å². The number of ketones is 1. The van der Waals surface area contributed by atoms with Crippen LogP contribution >= 0.6 is 0 Å². The fraction of sp³-hybridized carbons (Fsp3) is 0.364. The molecule has 0 bridgehead atoms. The van der Waals surface area contributed by atoms with Crippen LogP contribution in [0.3, 0.4) is 0 Å². The van der Waals surface area contributed by atoms with E-state index < -0.39 is 0 Å². The Balaban J connectivity index is 2.26. The molecule has 0 fully saturated rings. The lowest BCUT2D eigenvalue weighted by atomic mass is 9.92. The zero-order valence-corrected chi connectivity index (χ0v) is 7.87. The maximum atomic E-state index is 11.1. The van der Waals surface area contributed by atoms with E-state index in [1.807, 2.05) is 19.1 Å². The molecule has 0 saturated heterocycles. The van der Waals surface area contributed by atoms with Gasteiger partial charge in [-0.3, -0.25) is 4.79 Å². The smallest absolute Gasteiger partial charge is 0.159 e.